The minimum atomic E-state index is -1.14. The Morgan fingerprint density at radius 2 is 2.00 bits per heavy atom. The number of ketones is 1. The van der Waals surface area contributed by atoms with Crippen LogP contribution in [0.4, 0.5) is 0 Å². The smallest absolute Gasteiger partial charge is 0.132 e. The fraction of sp³-hybridized carbons (Fsp3) is 0.750. The number of carbonyl (C=O) groups is 1. The fourth-order valence-electron chi connectivity index (χ4n) is 2.30. The molecule has 1 heterocycles. The quantitative estimate of drug-likeness (QED) is 0.775. The summed E-state index contributed by atoms with van der Waals surface area (Å²) >= 11 is 0. The van der Waals surface area contributed by atoms with Crippen molar-refractivity contribution in [3.8, 4) is 0 Å². The summed E-state index contributed by atoms with van der Waals surface area (Å²) in [6, 6.07) is 0. The van der Waals surface area contributed by atoms with Crippen molar-refractivity contribution in [3.05, 3.63) is 11.9 Å². The van der Waals surface area contributed by atoms with Gasteiger partial charge in [-0.05, 0) is 12.8 Å². The van der Waals surface area contributed by atoms with Gasteiger partial charge >= 0.3 is 0 Å². The Morgan fingerprint density at radius 3 is 2.59 bits per heavy atom. The Labute approximate surface area is 103 Å². The second-order valence-corrected chi connectivity index (χ2v) is 11.7. The summed E-state index contributed by atoms with van der Waals surface area (Å²) in [5.74, 6) is 0.846. The zero-order valence-electron chi connectivity index (χ0n) is 10.9. The highest BCUT2D eigenvalue weighted by Crippen LogP contribution is 2.29. The van der Waals surface area contributed by atoms with Gasteiger partial charge in [-0.3, -0.25) is 9.48 Å². The highest BCUT2D eigenvalue weighted by atomic mass is 28.3. The lowest BCUT2D eigenvalue weighted by atomic mass is 9.86. The molecule has 1 fully saturated rings. The van der Waals surface area contributed by atoms with Crippen molar-refractivity contribution < 1.29 is 4.79 Å². The Balaban J connectivity index is 2.00. The molecule has 1 aliphatic carbocycles. The van der Waals surface area contributed by atoms with Crippen LogP contribution in [-0.4, -0.2) is 28.9 Å². The van der Waals surface area contributed by atoms with Crippen molar-refractivity contribution in [2.24, 2.45) is 0 Å². The average Bonchev–Trinajstić information content (AvgIpc) is 2.64. The number of nitrogens with zero attached hydrogens (tertiary/aromatic N) is 3. The van der Waals surface area contributed by atoms with Gasteiger partial charge in [0.05, 0.1) is 13.8 Å². The van der Waals surface area contributed by atoms with E-state index in [1.807, 2.05) is 4.68 Å². The molecule has 2 rings (SSSR count). The van der Waals surface area contributed by atoms with Crippen molar-refractivity contribution in [2.45, 2.75) is 57.4 Å². The summed E-state index contributed by atoms with van der Waals surface area (Å²) in [6.07, 6.45) is 6.43. The lowest BCUT2D eigenvalue weighted by molar-refractivity contribution is -0.120. The van der Waals surface area contributed by atoms with Crippen LogP contribution in [0.3, 0.4) is 0 Å². The highest BCUT2D eigenvalue weighted by Gasteiger charge is 2.23. The lowest BCUT2D eigenvalue weighted by Crippen LogP contribution is -2.28. The SMILES string of the molecule is C[Si](C)(C)Cn1cc(C2CCC(=O)CC2)nn1. The topological polar surface area (TPSA) is 47.8 Å². The predicted molar refractivity (Wildman–Crippen MR) is 69.6 cm³/mol. The zero-order chi connectivity index (χ0) is 12.5. The molecule has 0 atom stereocenters. The van der Waals surface area contributed by atoms with E-state index in [0.717, 1.165) is 24.7 Å². The summed E-state index contributed by atoms with van der Waals surface area (Å²) in [5.41, 5.74) is 1.08. The Bertz CT molecular complexity index is 398. The summed E-state index contributed by atoms with van der Waals surface area (Å²) < 4.78 is 1.98. The number of hydrogen-bond acceptors (Lipinski definition) is 3. The maximum atomic E-state index is 11.2. The van der Waals surface area contributed by atoms with Gasteiger partial charge in [0.25, 0.3) is 0 Å². The third-order valence-electron chi connectivity index (χ3n) is 3.15. The first kappa shape index (κ1) is 12.5. The van der Waals surface area contributed by atoms with E-state index in [2.05, 4.69) is 36.1 Å². The van der Waals surface area contributed by atoms with E-state index in [9.17, 15) is 4.79 Å². The average molecular weight is 251 g/mol. The molecule has 0 saturated heterocycles. The van der Waals surface area contributed by atoms with Crippen LogP contribution >= 0.6 is 0 Å². The van der Waals surface area contributed by atoms with Gasteiger partial charge in [0.2, 0.25) is 0 Å². The molecular formula is C12H21N3OSi. The maximum Gasteiger partial charge on any atom is 0.132 e. The van der Waals surface area contributed by atoms with Crippen LogP contribution in [0.15, 0.2) is 6.20 Å². The van der Waals surface area contributed by atoms with Crippen LogP contribution in [0.1, 0.15) is 37.3 Å². The van der Waals surface area contributed by atoms with Gasteiger partial charge < -0.3 is 0 Å². The third-order valence-corrected chi connectivity index (χ3v) is 4.43. The maximum absolute atomic E-state index is 11.2. The predicted octanol–water partition coefficient (Wildman–Crippen LogP) is 2.38. The van der Waals surface area contributed by atoms with Gasteiger partial charge in [-0.25, -0.2) is 0 Å². The molecule has 1 aromatic rings. The van der Waals surface area contributed by atoms with Crippen molar-refractivity contribution >= 4 is 13.9 Å². The molecule has 1 aliphatic rings. The van der Waals surface area contributed by atoms with Crippen molar-refractivity contribution in [1.82, 2.24) is 15.0 Å². The Morgan fingerprint density at radius 1 is 1.35 bits per heavy atom. The zero-order valence-corrected chi connectivity index (χ0v) is 11.9. The number of hydrogen-bond donors (Lipinski definition) is 0. The standard InChI is InChI=1S/C12H21N3OSi/c1-17(2,3)9-15-8-12(13-14-15)10-4-6-11(16)7-5-10/h8,10H,4-7,9H2,1-3H3. The lowest BCUT2D eigenvalue weighted by Gasteiger charge is -2.18. The van der Waals surface area contributed by atoms with Crippen LogP contribution in [0.2, 0.25) is 19.6 Å². The molecule has 0 radical (unpaired) electrons. The molecule has 0 spiro atoms. The first-order valence-corrected chi connectivity index (χ1v) is 10.1. The molecule has 4 nitrogen and oxygen atoms in total. The Hall–Kier alpha value is -0.973. The van der Waals surface area contributed by atoms with E-state index in [0.29, 0.717) is 24.5 Å². The van der Waals surface area contributed by atoms with Gasteiger partial charge in [0.1, 0.15) is 5.78 Å². The molecule has 5 heteroatoms. The van der Waals surface area contributed by atoms with E-state index in [-0.39, 0.29) is 0 Å². The molecule has 0 amide bonds. The first-order chi connectivity index (χ1) is 7.94. The fourth-order valence-corrected chi connectivity index (χ4v) is 3.43. The largest absolute Gasteiger partial charge is 0.300 e. The van der Waals surface area contributed by atoms with Crippen LogP contribution in [-0.2, 0) is 11.0 Å². The number of rotatable bonds is 3. The molecule has 1 aromatic heterocycles. The first-order valence-electron chi connectivity index (χ1n) is 6.36. The van der Waals surface area contributed by atoms with Crippen molar-refractivity contribution in [1.29, 1.82) is 0 Å². The number of carbonyl (C=O) groups excluding carboxylic acids is 1. The van der Waals surface area contributed by atoms with Gasteiger partial charge in [0, 0.05) is 31.1 Å². The van der Waals surface area contributed by atoms with E-state index >= 15 is 0 Å². The molecule has 94 valence electrons. The molecule has 17 heavy (non-hydrogen) atoms. The van der Waals surface area contributed by atoms with Gasteiger partial charge in [-0.15, -0.1) is 5.10 Å². The van der Waals surface area contributed by atoms with E-state index in [1.165, 1.54) is 0 Å². The van der Waals surface area contributed by atoms with Crippen molar-refractivity contribution in [3.63, 3.8) is 0 Å². The summed E-state index contributed by atoms with van der Waals surface area (Å²) in [5, 5.41) is 8.49. The minimum Gasteiger partial charge on any atom is -0.300 e. The molecular weight excluding hydrogens is 230 g/mol. The monoisotopic (exact) mass is 251 g/mol. The second-order valence-electron chi connectivity index (χ2n) is 6.21. The highest BCUT2D eigenvalue weighted by molar-refractivity contribution is 6.74. The molecule has 0 unspecified atom stereocenters. The van der Waals surface area contributed by atoms with Gasteiger partial charge in [-0.1, -0.05) is 24.9 Å². The second kappa shape index (κ2) is 4.72. The van der Waals surface area contributed by atoms with Crippen LogP contribution in [0.25, 0.3) is 0 Å². The molecule has 0 aromatic carbocycles. The van der Waals surface area contributed by atoms with Crippen LogP contribution in [0, 0.1) is 0 Å². The summed E-state index contributed by atoms with van der Waals surface area (Å²) in [4.78, 5) is 11.2. The number of Topliss-reactive ketones (excluding diaryl/α,β-unsaturated/α-hetero) is 1. The van der Waals surface area contributed by atoms with Gasteiger partial charge in [-0.2, -0.15) is 0 Å². The van der Waals surface area contributed by atoms with Gasteiger partial charge in [0.15, 0.2) is 0 Å². The van der Waals surface area contributed by atoms with E-state index < -0.39 is 8.07 Å². The van der Waals surface area contributed by atoms with E-state index in [4.69, 9.17) is 0 Å². The van der Waals surface area contributed by atoms with E-state index in [1.54, 1.807) is 0 Å². The number of aromatic nitrogens is 3. The summed E-state index contributed by atoms with van der Waals surface area (Å²) in [7, 11) is -1.14. The molecule has 0 aliphatic heterocycles. The van der Waals surface area contributed by atoms with Crippen LogP contribution in [0.5, 0.6) is 0 Å². The van der Waals surface area contributed by atoms with Crippen molar-refractivity contribution in [2.75, 3.05) is 0 Å². The Kier molecular flexibility index (Phi) is 3.47. The normalized spacial score (nSPS) is 18.6. The minimum absolute atomic E-state index is 0.399. The molecule has 0 bridgehead atoms. The van der Waals surface area contributed by atoms with Crippen LogP contribution < -0.4 is 0 Å². The molecule has 1 saturated carbocycles. The third kappa shape index (κ3) is 3.49. The summed E-state index contributed by atoms with van der Waals surface area (Å²) in [6.45, 7) is 6.98. The molecule has 0 N–H and O–H groups in total.